The van der Waals surface area contributed by atoms with E-state index in [9.17, 15) is 23.9 Å². The molecule has 1 atom stereocenters. The number of pyridine rings is 2. The summed E-state index contributed by atoms with van der Waals surface area (Å²) in [6.07, 6.45) is 0.532. The summed E-state index contributed by atoms with van der Waals surface area (Å²) in [7, 11) is 0. The van der Waals surface area contributed by atoms with Gasteiger partial charge in [-0.25, -0.2) is 19.0 Å². The molecule has 9 nitrogen and oxygen atoms in total. The Morgan fingerprint density at radius 2 is 1.92 bits per heavy atom. The van der Waals surface area contributed by atoms with Gasteiger partial charge in [-0.15, -0.1) is 0 Å². The molecule has 3 aliphatic heterocycles. The highest BCUT2D eigenvalue weighted by molar-refractivity contribution is 6.19. The van der Waals surface area contributed by atoms with Crippen LogP contribution in [0, 0.1) is 5.82 Å². The van der Waals surface area contributed by atoms with Crippen LogP contribution >= 0.6 is 0 Å². The Bertz CT molecular complexity index is 1800. The van der Waals surface area contributed by atoms with Crippen molar-refractivity contribution in [1.82, 2.24) is 9.55 Å². The zero-order valence-electron chi connectivity index (χ0n) is 21.0. The molecule has 0 bridgehead atoms. The number of anilines is 2. The number of rotatable bonds is 4. The highest BCUT2D eigenvalue weighted by atomic mass is 19.1. The van der Waals surface area contributed by atoms with E-state index in [4.69, 9.17) is 9.72 Å². The fourth-order valence-corrected chi connectivity index (χ4v) is 5.90. The predicted octanol–water partition coefficient (Wildman–Crippen LogP) is 3.81. The zero-order chi connectivity index (χ0) is 27.1. The lowest BCUT2D eigenvalue weighted by atomic mass is 9.86. The third-order valence-corrected chi connectivity index (χ3v) is 7.98. The Kier molecular flexibility index (Phi) is 4.96. The van der Waals surface area contributed by atoms with Crippen LogP contribution in [0.2, 0.25) is 0 Å². The van der Waals surface area contributed by atoms with Crippen LogP contribution in [0.25, 0.3) is 22.3 Å². The number of aliphatic hydroxyl groups is 1. The monoisotopic (exact) mass is 526 g/mol. The van der Waals surface area contributed by atoms with Gasteiger partial charge in [0.2, 0.25) is 0 Å². The SMILES string of the molecule is CC[C@@]1(O)C(=O)OCc2c1cc1n(c2=O)Cc2c-1nc1cccc3c1c2N(CCc1ccc(F)cc1)C(=O)N3. The number of hydrogen-bond donors (Lipinski definition) is 2. The van der Waals surface area contributed by atoms with Crippen LogP contribution in [0.15, 0.2) is 53.3 Å². The van der Waals surface area contributed by atoms with Crippen molar-refractivity contribution in [3.63, 3.8) is 0 Å². The molecule has 0 saturated heterocycles. The summed E-state index contributed by atoms with van der Waals surface area (Å²) >= 11 is 0. The highest BCUT2D eigenvalue weighted by Gasteiger charge is 2.46. The molecule has 196 valence electrons. The van der Waals surface area contributed by atoms with E-state index in [-0.39, 0.29) is 48.1 Å². The summed E-state index contributed by atoms with van der Waals surface area (Å²) in [6, 6.07) is 13.0. The molecule has 4 aromatic rings. The maximum Gasteiger partial charge on any atom is 0.343 e. The lowest BCUT2D eigenvalue weighted by Crippen LogP contribution is -2.44. The number of benzene rings is 2. The molecule has 5 heterocycles. The Hall–Kier alpha value is -4.57. The van der Waals surface area contributed by atoms with Gasteiger partial charge in [0.1, 0.15) is 12.4 Å². The largest absolute Gasteiger partial charge is 0.458 e. The normalized spacial score (nSPS) is 18.9. The average molecular weight is 527 g/mol. The van der Waals surface area contributed by atoms with E-state index in [1.807, 2.05) is 12.1 Å². The van der Waals surface area contributed by atoms with Crippen LogP contribution < -0.4 is 15.8 Å². The number of halogens is 1. The number of esters is 1. The summed E-state index contributed by atoms with van der Waals surface area (Å²) in [6.45, 7) is 1.92. The quantitative estimate of drug-likeness (QED) is 0.344. The molecule has 10 heteroatoms. The van der Waals surface area contributed by atoms with E-state index >= 15 is 0 Å². The predicted molar refractivity (Wildman–Crippen MR) is 141 cm³/mol. The van der Waals surface area contributed by atoms with Gasteiger partial charge in [-0.1, -0.05) is 25.1 Å². The minimum absolute atomic E-state index is 0.0473. The van der Waals surface area contributed by atoms with E-state index in [0.29, 0.717) is 46.8 Å². The summed E-state index contributed by atoms with van der Waals surface area (Å²) in [5, 5.41) is 14.9. The second-order valence-electron chi connectivity index (χ2n) is 10.0. The second-order valence-corrected chi connectivity index (χ2v) is 10.0. The number of carbonyl (C=O) groups excluding carboxylic acids is 2. The van der Waals surface area contributed by atoms with E-state index in [1.54, 1.807) is 40.7 Å². The zero-order valence-corrected chi connectivity index (χ0v) is 21.0. The van der Waals surface area contributed by atoms with Gasteiger partial charge in [-0.05, 0) is 48.7 Å². The van der Waals surface area contributed by atoms with Gasteiger partial charge < -0.3 is 19.7 Å². The average Bonchev–Trinajstić information content (AvgIpc) is 3.30. The topological polar surface area (TPSA) is 114 Å². The van der Waals surface area contributed by atoms with Crippen molar-refractivity contribution in [3.8, 4) is 11.4 Å². The van der Waals surface area contributed by atoms with Crippen molar-refractivity contribution in [2.45, 2.75) is 38.5 Å². The lowest BCUT2D eigenvalue weighted by molar-refractivity contribution is -0.172. The first-order valence-corrected chi connectivity index (χ1v) is 12.8. The number of nitrogens with zero attached hydrogens (tertiary/aromatic N) is 3. The van der Waals surface area contributed by atoms with Crippen LogP contribution in [-0.2, 0) is 34.7 Å². The van der Waals surface area contributed by atoms with E-state index in [2.05, 4.69) is 5.32 Å². The molecule has 2 aromatic heterocycles. The van der Waals surface area contributed by atoms with E-state index in [0.717, 1.165) is 10.9 Å². The van der Waals surface area contributed by atoms with E-state index in [1.165, 1.54) is 12.1 Å². The molecule has 0 saturated carbocycles. The van der Waals surface area contributed by atoms with Crippen LogP contribution in [0.1, 0.15) is 35.6 Å². The van der Waals surface area contributed by atoms with Gasteiger partial charge >= 0.3 is 12.0 Å². The van der Waals surface area contributed by atoms with Crippen LogP contribution in [0.3, 0.4) is 0 Å². The van der Waals surface area contributed by atoms with Crippen LogP contribution in [0.4, 0.5) is 20.6 Å². The number of amides is 2. The number of urea groups is 1. The van der Waals surface area contributed by atoms with Gasteiger partial charge in [0.25, 0.3) is 5.56 Å². The highest BCUT2D eigenvalue weighted by Crippen LogP contribution is 2.46. The Balaban J connectivity index is 1.42. The molecule has 0 unspecified atom stereocenters. The van der Waals surface area contributed by atoms with Crippen molar-refractivity contribution in [2.75, 3.05) is 16.8 Å². The van der Waals surface area contributed by atoms with Gasteiger partial charge in [-0.2, -0.15) is 0 Å². The fraction of sp³-hybridized carbons (Fsp3) is 0.241. The summed E-state index contributed by atoms with van der Waals surface area (Å²) in [4.78, 5) is 46.1. The van der Waals surface area contributed by atoms with Crippen molar-refractivity contribution in [1.29, 1.82) is 0 Å². The summed E-state index contributed by atoms with van der Waals surface area (Å²) < 4.78 is 20.2. The maximum atomic E-state index is 13.7. The molecule has 39 heavy (non-hydrogen) atoms. The van der Waals surface area contributed by atoms with Crippen molar-refractivity contribution >= 4 is 34.3 Å². The Labute approximate surface area is 221 Å². The number of nitrogens with one attached hydrogen (secondary N) is 1. The minimum Gasteiger partial charge on any atom is -0.458 e. The lowest BCUT2D eigenvalue weighted by Gasteiger charge is -2.31. The third kappa shape index (κ3) is 3.27. The van der Waals surface area contributed by atoms with Gasteiger partial charge in [0.15, 0.2) is 5.60 Å². The number of fused-ring (bicyclic) bond motifs is 5. The molecule has 2 aromatic carbocycles. The van der Waals surface area contributed by atoms with Crippen molar-refractivity contribution in [3.05, 3.63) is 87.0 Å². The van der Waals surface area contributed by atoms with Gasteiger partial charge in [-0.3, -0.25) is 9.69 Å². The smallest absolute Gasteiger partial charge is 0.343 e. The first-order chi connectivity index (χ1) is 18.8. The van der Waals surface area contributed by atoms with Crippen LogP contribution in [-0.4, -0.2) is 33.2 Å². The number of ether oxygens (including phenoxy) is 1. The molecule has 0 spiro atoms. The summed E-state index contributed by atoms with van der Waals surface area (Å²) in [5.41, 5.74) is 2.68. The van der Waals surface area contributed by atoms with Gasteiger partial charge in [0.05, 0.1) is 40.4 Å². The Morgan fingerprint density at radius 1 is 1.13 bits per heavy atom. The third-order valence-electron chi connectivity index (χ3n) is 7.98. The molecular formula is C29H23FN4O5. The summed E-state index contributed by atoms with van der Waals surface area (Å²) in [5.74, 6) is -1.11. The second kappa shape index (κ2) is 8.21. The molecule has 0 aliphatic carbocycles. The first-order valence-electron chi connectivity index (χ1n) is 12.8. The molecule has 2 amide bonds. The fourth-order valence-electron chi connectivity index (χ4n) is 5.90. The first kappa shape index (κ1) is 23.5. The standard InChI is InChI=1S/C29H23FN4O5/c1-2-29(38)19-12-22-24-17(13-34(22)26(35)18(19)14-39-27(29)36)25-23-20(31-24)4-3-5-21(23)32-28(37)33(25)11-10-15-6-8-16(30)9-7-15/h3-9,12,38H,2,10-11,13-14H2,1H3,(H,32,37)/t29-/m0/s1. The molecule has 0 fully saturated rings. The Morgan fingerprint density at radius 3 is 2.69 bits per heavy atom. The molecular weight excluding hydrogens is 503 g/mol. The minimum atomic E-state index is -1.93. The van der Waals surface area contributed by atoms with Gasteiger partial charge in [0, 0.05) is 23.1 Å². The molecule has 7 rings (SSSR count). The number of carbonyl (C=O) groups is 2. The van der Waals surface area contributed by atoms with Crippen LogP contribution in [0.5, 0.6) is 0 Å². The van der Waals surface area contributed by atoms with E-state index < -0.39 is 11.6 Å². The van der Waals surface area contributed by atoms with Crippen molar-refractivity contribution < 1.29 is 23.8 Å². The molecule has 3 aliphatic rings. The number of cyclic esters (lactones) is 1. The number of aromatic nitrogens is 2. The van der Waals surface area contributed by atoms with Crippen molar-refractivity contribution in [2.24, 2.45) is 0 Å². The molecule has 2 N–H and O–H groups in total. The maximum absolute atomic E-state index is 13.7. The molecule has 0 radical (unpaired) electrons. The number of hydrogen-bond acceptors (Lipinski definition) is 6.